The number of sulfone groups is 1. The number of ether oxygens (including phenoxy) is 1. The van der Waals surface area contributed by atoms with Gasteiger partial charge < -0.3 is 9.64 Å². The molecule has 0 aromatic carbocycles. The van der Waals surface area contributed by atoms with Gasteiger partial charge in [-0.25, -0.2) is 13.2 Å². The van der Waals surface area contributed by atoms with E-state index in [4.69, 9.17) is 4.74 Å². The van der Waals surface area contributed by atoms with Crippen molar-refractivity contribution in [1.82, 2.24) is 9.80 Å². The zero-order valence-electron chi connectivity index (χ0n) is 10.4. The lowest BCUT2D eigenvalue weighted by atomic mass is 10.2. The minimum absolute atomic E-state index is 0.00444. The van der Waals surface area contributed by atoms with Gasteiger partial charge in [0, 0.05) is 12.6 Å². The Hall–Kier alpha value is -1.15. The highest BCUT2D eigenvalue weighted by Gasteiger charge is 2.46. The molecule has 8 heteroatoms. The largest absolute Gasteiger partial charge is 0.379 e. The van der Waals surface area contributed by atoms with Gasteiger partial charge in [-0.2, -0.15) is 0 Å². The monoisotopic (exact) mass is 288 g/mol. The topological polar surface area (TPSA) is 84.0 Å². The fourth-order valence-corrected chi connectivity index (χ4v) is 4.66. The quantitative estimate of drug-likeness (QED) is 0.623. The van der Waals surface area contributed by atoms with E-state index < -0.39 is 9.84 Å². The van der Waals surface area contributed by atoms with E-state index in [1.165, 1.54) is 9.80 Å². The van der Waals surface area contributed by atoms with Gasteiger partial charge >= 0.3 is 6.03 Å². The third-order valence-corrected chi connectivity index (χ3v) is 5.70. The summed E-state index contributed by atoms with van der Waals surface area (Å²) in [4.78, 5) is 26.9. The van der Waals surface area contributed by atoms with Crippen LogP contribution in [0.2, 0.25) is 0 Å². The second-order valence-electron chi connectivity index (χ2n) is 5.25. The maximum atomic E-state index is 12.3. The summed E-state index contributed by atoms with van der Waals surface area (Å²) in [7, 11) is -3.06. The van der Waals surface area contributed by atoms with Crippen molar-refractivity contribution in [3.63, 3.8) is 0 Å². The summed E-state index contributed by atoms with van der Waals surface area (Å²) >= 11 is 0. The van der Waals surface area contributed by atoms with Crippen LogP contribution in [0, 0.1) is 0 Å². The molecule has 3 aliphatic rings. The Morgan fingerprint density at radius 2 is 1.95 bits per heavy atom. The van der Waals surface area contributed by atoms with E-state index in [1.807, 2.05) is 0 Å². The molecule has 3 amide bonds. The van der Waals surface area contributed by atoms with Gasteiger partial charge in [0.25, 0.3) is 5.91 Å². The number of hydrogen-bond donors (Lipinski definition) is 0. The summed E-state index contributed by atoms with van der Waals surface area (Å²) in [5, 5.41) is 0. The first-order valence-electron chi connectivity index (χ1n) is 6.39. The van der Waals surface area contributed by atoms with E-state index in [0.29, 0.717) is 26.1 Å². The number of urea groups is 1. The third kappa shape index (κ3) is 2.23. The van der Waals surface area contributed by atoms with Gasteiger partial charge in [-0.1, -0.05) is 0 Å². The van der Waals surface area contributed by atoms with Crippen LogP contribution in [0.4, 0.5) is 4.79 Å². The second kappa shape index (κ2) is 4.45. The van der Waals surface area contributed by atoms with Crippen molar-refractivity contribution in [1.29, 1.82) is 0 Å². The Balaban J connectivity index is 1.75. The molecule has 7 nitrogen and oxygen atoms in total. The molecule has 0 saturated carbocycles. The first-order chi connectivity index (χ1) is 8.98. The van der Waals surface area contributed by atoms with E-state index in [1.54, 1.807) is 0 Å². The van der Waals surface area contributed by atoms with Gasteiger partial charge in [0.15, 0.2) is 9.84 Å². The predicted octanol–water partition coefficient (Wildman–Crippen LogP) is -0.773. The van der Waals surface area contributed by atoms with Gasteiger partial charge in [-0.05, 0) is 12.8 Å². The summed E-state index contributed by atoms with van der Waals surface area (Å²) in [6, 6.07) is -0.903. The van der Waals surface area contributed by atoms with Crippen molar-refractivity contribution in [3.8, 4) is 0 Å². The standard InChI is InChI=1S/C11H16N2O5S/c14-10-5-12(9-2-4-19(16,17)7-9)11(15)13(10)8-1-3-18-6-8/h8-9H,1-7H2. The number of hydrogen-bond acceptors (Lipinski definition) is 5. The van der Waals surface area contributed by atoms with Crippen molar-refractivity contribution < 1.29 is 22.7 Å². The molecule has 19 heavy (non-hydrogen) atoms. The Kier molecular flexibility index (Phi) is 3.01. The summed E-state index contributed by atoms with van der Waals surface area (Å²) < 4.78 is 28.1. The van der Waals surface area contributed by atoms with Crippen molar-refractivity contribution in [2.75, 3.05) is 31.3 Å². The summed E-state index contributed by atoms with van der Waals surface area (Å²) in [5.41, 5.74) is 0. The van der Waals surface area contributed by atoms with Gasteiger partial charge in [0.1, 0.15) is 6.54 Å². The lowest BCUT2D eigenvalue weighted by molar-refractivity contribution is -0.126. The fourth-order valence-electron chi connectivity index (χ4n) is 2.93. The zero-order valence-corrected chi connectivity index (χ0v) is 11.3. The Labute approximate surface area is 111 Å². The Morgan fingerprint density at radius 1 is 1.16 bits per heavy atom. The molecule has 0 aromatic heterocycles. The molecule has 3 saturated heterocycles. The zero-order chi connectivity index (χ0) is 13.6. The van der Waals surface area contributed by atoms with Crippen LogP contribution in [0.25, 0.3) is 0 Å². The van der Waals surface area contributed by atoms with Crippen molar-refractivity contribution in [2.45, 2.75) is 24.9 Å². The molecule has 3 rings (SSSR count). The third-order valence-electron chi connectivity index (χ3n) is 3.95. The van der Waals surface area contributed by atoms with Gasteiger partial charge in [0.05, 0.1) is 24.2 Å². The minimum Gasteiger partial charge on any atom is -0.379 e. The molecule has 0 N–H and O–H groups in total. The molecular weight excluding hydrogens is 272 g/mol. The van der Waals surface area contributed by atoms with Crippen LogP contribution < -0.4 is 0 Å². The fraction of sp³-hybridized carbons (Fsp3) is 0.818. The SMILES string of the molecule is O=C1CN(C2CCS(=O)(=O)C2)C(=O)N1C1CCOC1. The molecule has 106 valence electrons. The maximum Gasteiger partial charge on any atom is 0.327 e. The van der Waals surface area contributed by atoms with E-state index in [2.05, 4.69) is 0 Å². The van der Waals surface area contributed by atoms with Gasteiger partial charge in [-0.15, -0.1) is 0 Å². The smallest absolute Gasteiger partial charge is 0.327 e. The molecule has 3 heterocycles. The van der Waals surface area contributed by atoms with E-state index >= 15 is 0 Å². The molecule has 2 unspecified atom stereocenters. The molecule has 0 aliphatic carbocycles. The van der Waals surface area contributed by atoms with Crippen LogP contribution in [-0.2, 0) is 19.4 Å². The van der Waals surface area contributed by atoms with Crippen LogP contribution in [0.1, 0.15) is 12.8 Å². The Bertz CT molecular complexity index is 511. The van der Waals surface area contributed by atoms with Crippen molar-refractivity contribution in [2.24, 2.45) is 0 Å². The predicted molar refractivity (Wildman–Crippen MR) is 65.2 cm³/mol. The first kappa shape index (κ1) is 12.9. The van der Waals surface area contributed by atoms with Gasteiger partial charge in [0.2, 0.25) is 0 Å². The average Bonchev–Trinajstić information content (AvgIpc) is 3.00. The van der Waals surface area contributed by atoms with Crippen molar-refractivity contribution >= 4 is 21.8 Å². The number of amides is 3. The van der Waals surface area contributed by atoms with E-state index in [-0.39, 0.29) is 42.1 Å². The van der Waals surface area contributed by atoms with Crippen LogP contribution in [0.5, 0.6) is 0 Å². The number of nitrogens with zero attached hydrogens (tertiary/aromatic N) is 2. The van der Waals surface area contributed by atoms with Crippen LogP contribution >= 0.6 is 0 Å². The second-order valence-corrected chi connectivity index (χ2v) is 7.48. The average molecular weight is 288 g/mol. The number of carbonyl (C=O) groups is 2. The number of rotatable bonds is 2. The van der Waals surface area contributed by atoms with E-state index in [0.717, 1.165) is 0 Å². The number of carbonyl (C=O) groups excluding carboxylic acids is 2. The highest BCUT2D eigenvalue weighted by molar-refractivity contribution is 7.91. The summed E-state index contributed by atoms with van der Waals surface area (Å²) in [6.45, 7) is 0.934. The first-order valence-corrected chi connectivity index (χ1v) is 8.21. The van der Waals surface area contributed by atoms with Crippen LogP contribution in [0.15, 0.2) is 0 Å². The molecule has 0 radical (unpaired) electrons. The minimum atomic E-state index is -3.06. The molecule has 2 atom stereocenters. The lowest BCUT2D eigenvalue weighted by Crippen LogP contribution is -2.44. The molecule has 0 bridgehead atoms. The summed E-state index contributed by atoms with van der Waals surface area (Å²) in [5.74, 6) is -0.173. The molecular formula is C11H16N2O5S. The molecule has 3 aliphatic heterocycles. The summed E-state index contributed by atoms with van der Waals surface area (Å²) in [6.07, 6.45) is 1.09. The molecule has 0 spiro atoms. The van der Waals surface area contributed by atoms with Crippen LogP contribution in [0.3, 0.4) is 0 Å². The maximum absolute atomic E-state index is 12.3. The molecule has 3 fully saturated rings. The van der Waals surface area contributed by atoms with Gasteiger partial charge in [-0.3, -0.25) is 9.69 Å². The van der Waals surface area contributed by atoms with E-state index in [9.17, 15) is 18.0 Å². The lowest BCUT2D eigenvalue weighted by Gasteiger charge is -2.24. The number of imide groups is 1. The van der Waals surface area contributed by atoms with Crippen LogP contribution in [-0.4, -0.2) is 73.5 Å². The highest BCUT2D eigenvalue weighted by atomic mass is 32.2. The Morgan fingerprint density at radius 3 is 2.53 bits per heavy atom. The van der Waals surface area contributed by atoms with Crippen molar-refractivity contribution in [3.05, 3.63) is 0 Å². The normalized spacial score (nSPS) is 34.5. The molecule has 0 aromatic rings. The highest BCUT2D eigenvalue weighted by Crippen LogP contribution is 2.26.